The lowest BCUT2D eigenvalue weighted by molar-refractivity contribution is 0.411. The number of aromatic hydroxyl groups is 1. The first kappa shape index (κ1) is 9.87. The molecule has 2 aromatic carbocycles. The van der Waals surface area contributed by atoms with Crippen molar-refractivity contribution in [1.29, 1.82) is 0 Å². The number of rotatable bonds is 2. The Morgan fingerprint density at radius 2 is 1.47 bits per heavy atom. The van der Waals surface area contributed by atoms with Crippen molar-refractivity contribution >= 4 is 11.6 Å². The third-order valence-corrected chi connectivity index (χ3v) is 2.23. The number of phenolic OH excluding ortho intramolecular Hbond substituents is 1. The Balaban J connectivity index is 2.30. The molecule has 0 aromatic heterocycles. The summed E-state index contributed by atoms with van der Waals surface area (Å²) in [7, 11) is 0. The zero-order valence-corrected chi connectivity index (χ0v) is 8.61. The molecule has 0 radical (unpaired) electrons. The average molecular weight is 221 g/mol. The molecule has 0 bridgehead atoms. The molecule has 0 aliphatic heterocycles. The molecule has 0 saturated heterocycles. The minimum Gasteiger partial charge on any atom is -0.504 e. The zero-order chi connectivity index (χ0) is 10.7. The lowest BCUT2D eigenvalue weighted by Gasteiger charge is -2.08. The smallest absolute Gasteiger partial charge is 0.169 e. The van der Waals surface area contributed by atoms with E-state index in [9.17, 15) is 5.11 Å². The summed E-state index contributed by atoms with van der Waals surface area (Å²) in [5.41, 5.74) is 0. The summed E-state index contributed by atoms with van der Waals surface area (Å²) in [6.07, 6.45) is 0. The maximum atomic E-state index is 9.49. The molecule has 0 unspecified atom stereocenters. The first-order valence-corrected chi connectivity index (χ1v) is 4.85. The fourth-order valence-electron chi connectivity index (χ4n) is 1.19. The van der Waals surface area contributed by atoms with Crippen molar-refractivity contribution in [3.8, 4) is 17.2 Å². The Labute approximate surface area is 92.7 Å². The third kappa shape index (κ3) is 2.22. The highest BCUT2D eigenvalue weighted by molar-refractivity contribution is 6.32. The molecule has 0 fully saturated rings. The van der Waals surface area contributed by atoms with E-state index in [0.29, 0.717) is 16.5 Å². The van der Waals surface area contributed by atoms with Crippen LogP contribution in [0.25, 0.3) is 0 Å². The summed E-state index contributed by atoms with van der Waals surface area (Å²) in [4.78, 5) is 0. The number of para-hydroxylation sites is 3. The van der Waals surface area contributed by atoms with E-state index < -0.39 is 0 Å². The van der Waals surface area contributed by atoms with Crippen molar-refractivity contribution in [2.45, 2.75) is 0 Å². The number of benzene rings is 2. The highest BCUT2D eigenvalue weighted by atomic mass is 35.5. The minimum absolute atomic E-state index is 0.0948. The van der Waals surface area contributed by atoms with Gasteiger partial charge < -0.3 is 9.84 Å². The maximum absolute atomic E-state index is 9.49. The van der Waals surface area contributed by atoms with E-state index in [2.05, 4.69) is 0 Å². The summed E-state index contributed by atoms with van der Waals surface area (Å²) in [6, 6.07) is 13.9. The SMILES string of the molecule is Oc1ccccc1Oc1ccccc1Cl. The molecule has 76 valence electrons. The molecule has 0 aliphatic rings. The highest BCUT2D eigenvalue weighted by Crippen LogP contribution is 2.33. The summed E-state index contributed by atoms with van der Waals surface area (Å²) in [5.74, 6) is 1.02. The first-order valence-electron chi connectivity index (χ1n) is 4.48. The van der Waals surface area contributed by atoms with Gasteiger partial charge >= 0.3 is 0 Å². The van der Waals surface area contributed by atoms with Gasteiger partial charge in [0.2, 0.25) is 0 Å². The number of hydrogen-bond donors (Lipinski definition) is 1. The molecular weight excluding hydrogens is 212 g/mol. The predicted octanol–water partition coefficient (Wildman–Crippen LogP) is 3.84. The summed E-state index contributed by atoms with van der Waals surface area (Å²) < 4.78 is 5.46. The van der Waals surface area contributed by atoms with Gasteiger partial charge in [0.25, 0.3) is 0 Å². The molecule has 15 heavy (non-hydrogen) atoms. The molecule has 0 spiro atoms. The monoisotopic (exact) mass is 220 g/mol. The molecule has 0 aliphatic carbocycles. The molecular formula is C12H9ClO2. The normalized spacial score (nSPS) is 9.93. The van der Waals surface area contributed by atoms with E-state index in [-0.39, 0.29) is 5.75 Å². The van der Waals surface area contributed by atoms with E-state index >= 15 is 0 Å². The van der Waals surface area contributed by atoms with Gasteiger partial charge in [0, 0.05) is 0 Å². The number of phenols is 1. The third-order valence-electron chi connectivity index (χ3n) is 1.92. The molecule has 2 aromatic rings. The van der Waals surface area contributed by atoms with Crippen LogP contribution < -0.4 is 4.74 Å². The summed E-state index contributed by atoms with van der Waals surface area (Å²) in [6.45, 7) is 0. The van der Waals surface area contributed by atoms with E-state index in [4.69, 9.17) is 16.3 Å². The van der Waals surface area contributed by atoms with Crippen LogP contribution in [0.4, 0.5) is 0 Å². The van der Waals surface area contributed by atoms with E-state index in [1.807, 2.05) is 12.1 Å². The van der Waals surface area contributed by atoms with Crippen LogP contribution in [0.15, 0.2) is 48.5 Å². The fourth-order valence-corrected chi connectivity index (χ4v) is 1.36. The Morgan fingerprint density at radius 3 is 2.13 bits per heavy atom. The van der Waals surface area contributed by atoms with Gasteiger partial charge in [-0.2, -0.15) is 0 Å². The second-order valence-electron chi connectivity index (χ2n) is 3.00. The molecule has 0 amide bonds. The second kappa shape index (κ2) is 4.24. The van der Waals surface area contributed by atoms with Crippen molar-refractivity contribution in [1.82, 2.24) is 0 Å². The van der Waals surface area contributed by atoms with Gasteiger partial charge in [-0.05, 0) is 24.3 Å². The van der Waals surface area contributed by atoms with Crippen LogP contribution in [0.3, 0.4) is 0 Å². The van der Waals surface area contributed by atoms with Crippen molar-refractivity contribution in [3.63, 3.8) is 0 Å². The topological polar surface area (TPSA) is 29.5 Å². The summed E-state index contributed by atoms with van der Waals surface area (Å²) >= 11 is 5.92. The largest absolute Gasteiger partial charge is 0.504 e. The van der Waals surface area contributed by atoms with Crippen LogP contribution in [-0.2, 0) is 0 Å². The van der Waals surface area contributed by atoms with Crippen LogP contribution >= 0.6 is 11.6 Å². The molecule has 2 nitrogen and oxygen atoms in total. The Bertz CT molecular complexity index is 425. The average Bonchev–Trinajstić information content (AvgIpc) is 2.24. The van der Waals surface area contributed by atoms with Crippen LogP contribution in [0, 0.1) is 0 Å². The van der Waals surface area contributed by atoms with E-state index in [1.54, 1.807) is 36.4 Å². The zero-order valence-electron chi connectivity index (χ0n) is 7.85. The standard InChI is InChI=1S/C12H9ClO2/c13-9-5-1-3-7-11(9)15-12-8-4-2-6-10(12)14/h1-8,14H. The fraction of sp³-hybridized carbons (Fsp3) is 0. The molecule has 0 atom stereocenters. The van der Waals surface area contributed by atoms with Gasteiger partial charge in [0.15, 0.2) is 11.5 Å². The van der Waals surface area contributed by atoms with E-state index in [1.165, 1.54) is 0 Å². The molecule has 1 N–H and O–H groups in total. The van der Waals surface area contributed by atoms with Crippen LogP contribution in [-0.4, -0.2) is 5.11 Å². The Hall–Kier alpha value is -1.67. The van der Waals surface area contributed by atoms with Crippen LogP contribution in [0.2, 0.25) is 5.02 Å². The highest BCUT2D eigenvalue weighted by Gasteiger charge is 2.04. The molecule has 3 heteroatoms. The lowest BCUT2D eigenvalue weighted by atomic mass is 10.3. The van der Waals surface area contributed by atoms with Gasteiger partial charge in [0.05, 0.1) is 5.02 Å². The number of halogens is 1. The lowest BCUT2D eigenvalue weighted by Crippen LogP contribution is -1.84. The maximum Gasteiger partial charge on any atom is 0.169 e. The first-order chi connectivity index (χ1) is 7.27. The molecule has 0 saturated carbocycles. The van der Waals surface area contributed by atoms with Crippen LogP contribution in [0.1, 0.15) is 0 Å². The number of hydrogen-bond acceptors (Lipinski definition) is 2. The Morgan fingerprint density at radius 1 is 0.867 bits per heavy atom. The summed E-state index contributed by atoms with van der Waals surface area (Å²) in [5, 5.41) is 10.0. The van der Waals surface area contributed by atoms with Gasteiger partial charge in [-0.25, -0.2) is 0 Å². The van der Waals surface area contributed by atoms with Crippen LogP contribution in [0.5, 0.6) is 17.2 Å². The number of ether oxygens (including phenoxy) is 1. The van der Waals surface area contributed by atoms with Gasteiger partial charge in [-0.3, -0.25) is 0 Å². The van der Waals surface area contributed by atoms with Crippen molar-refractivity contribution in [3.05, 3.63) is 53.6 Å². The van der Waals surface area contributed by atoms with Crippen molar-refractivity contribution in [2.75, 3.05) is 0 Å². The second-order valence-corrected chi connectivity index (χ2v) is 3.41. The van der Waals surface area contributed by atoms with E-state index in [0.717, 1.165) is 0 Å². The van der Waals surface area contributed by atoms with Gasteiger partial charge in [0.1, 0.15) is 5.75 Å². The quantitative estimate of drug-likeness (QED) is 0.833. The van der Waals surface area contributed by atoms with Crippen molar-refractivity contribution in [2.24, 2.45) is 0 Å². The van der Waals surface area contributed by atoms with Gasteiger partial charge in [-0.1, -0.05) is 35.9 Å². The van der Waals surface area contributed by atoms with Crippen molar-refractivity contribution < 1.29 is 9.84 Å². The molecule has 0 heterocycles. The molecule has 2 rings (SSSR count). The predicted molar refractivity (Wildman–Crippen MR) is 59.6 cm³/mol. The minimum atomic E-state index is 0.0948. The Kier molecular flexibility index (Phi) is 2.79. The van der Waals surface area contributed by atoms with Gasteiger partial charge in [-0.15, -0.1) is 0 Å².